The Morgan fingerprint density at radius 1 is 1.00 bits per heavy atom. The fourth-order valence-corrected chi connectivity index (χ4v) is 3.12. The summed E-state index contributed by atoms with van der Waals surface area (Å²) in [5, 5.41) is 2.99. The summed E-state index contributed by atoms with van der Waals surface area (Å²) in [6.07, 6.45) is 1.19. The SMILES string of the molecule is CN1CCN(c2ccc(CNC(=O)CCCOc3ccccc3)cc2)CC1. The summed E-state index contributed by atoms with van der Waals surface area (Å²) in [7, 11) is 2.16. The zero-order valence-electron chi connectivity index (χ0n) is 16.1. The molecule has 0 aliphatic carbocycles. The van der Waals surface area contributed by atoms with Gasteiger partial charge in [0.1, 0.15) is 5.75 Å². The first-order valence-corrected chi connectivity index (χ1v) is 9.68. The number of amides is 1. The van der Waals surface area contributed by atoms with Crippen LogP contribution in [0.3, 0.4) is 0 Å². The van der Waals surface area contributed by atoms with Crippen LogP contribution in [0.25, 0.3) is 0 Å². The van der Waals surface area contributed by atoms with Crippen molar-refractivity contribution in [2.24, 2.45) is 0 Å². The van der Waals surface area contributed by atoms with Gasteiger partial charge in [-0.1, -0.05) is 30.3 Å². The average Bonchev–Trinajstić information content (AvgIpc) is 2.71. The first kappa shape index (κ1) is 19.2. The number of para-hydroxylation sites is 1. The molecule has 1 heterocycles. The van der Waals surface area contributed by atoms with E-state index in [2.05, 4.69) is 46.4 Å². The minimum Gasteiger partial charge on any atom is -0.494 e. The number of nitrogens with one attached hydrogen (secondary N) is 1. The summed E-state index contributed by atoms with van der Waals surface area (Å²) in [5.41, 5.74) is 2.39. The number of carbonyl (C=O) groups is 1. The molecule has 5 heteroatoms. The highest BCUT2D eigenvalue weighted by molar-refractivity contribution is 5.75. The number of ether oxygens (including phenoxy) is 1. The lowest BCUT2D eigenvalue weighted by Crippen LogP contribution is -2.44. The van der Waals surface area contributed by atoms with E-state index in [1.807, 2.05) is 30.3 Å². The van der Waals surface area contributed by atoms with Gasteiger partial charge in [0, 0.05) is 44.8 Å². The van der Waals surface area contributed by atoms with Crippen LogP contribution in [0.2, 0.25) is 0 Å². The Labute approximate surface area is 161 Å². The maximum absolute atomic E-state index is 12.0. The van der Waals surface area contributed by atoms with Gasteiger partial charge in [-0.15, -0.1) is 0 Å². The van der Waals surface area contributed by atoms with E-state index >= 15 is 0 Å². The molecule has 27 heavy (non-hydrogen) atoms. The number of rotatable bonds is 8. The highest BCUT2D eigenvalue weighted by Crippen LogP contribution is 2.17. The van der Waals surface area contributed by atoms with Crippen molar-refractivity contribution in [2.45, 2.75) is 19.4 Å². The van der Waals surface area contributed by atoms with Crippen LogP contribution in [0, 0.1) is 0 Å². The van der Waals surface area contributed by atoms with Crippen molar-refractivity contribution in [1.82, 2.24) is 10.2 Å². The number of carbonyl (C=O) groups excluding carboxylic acids is 1. The Morgan fingerprint density at radius 3 is 2.41 bits per heavy atom. The van der Waals surface area contributed by atoms with Crippen molar-refractivity contribution in [1.29, 1.82) is 0 Å². The third-order valence-electron chi connectivity index (χ3n) is 4.85. The molecule has 0 atom stereocenters. The molecule has 0 radical (unpaired) electrons. The molecule has 3 rings (SSSR count). The molecule has 0 saturated carbocycles. The van der Waals surface area contributed by atoms with E-state index in [1.165, 1.54) is 5.69 Å². The Morgan fingerprint density at radius 2 is 1.70 bits per heavy atom. The van der Waals surface area contributed by atoms with Crippen molar-refractivity contribution in [3.63, 3.8) is 0 Å². The largest absolute Gasteiger partial charge is 0.494 e. The molecule has 1 amide bonds. The van der Waals surface area contributed by atoms with Crippen LogP contribution in [0.4, 0.5) is 5.69 Å². The van der Waals surface area contributed by atoms with Crippen molar-refractivity contribution < 1.29 is 9.53 Å². The van der Waals surface area contributed by atoms with Crippen molar-refractivity contribution in [2.75, 3.05) is 44.7 Å². The minimum atomic E-state index is 0.0646. The minimum absolute atomic E-state index is 0.0646. The van der Waals surface area contributed by atoms with E-state index in [0.29, 0.717) is 26.0 Å². The zero-order chi connectivity index (χ0) is 18.9. The van der Waals surface area contributed by atoms with Crippen LogP contribution in [-0.2, 0) is 11.3 Å². The van der Waals surface area contributed by atoms with Gasteiger partial charge >= 0.3 is 0 Å². The second-order valence-corrected chi connectivity index (χ2v) is 7.00. The molecule has 144 valence electrons. The van der Waals surface area contributed by atoms with Gasteiger partial charge in [0.2, 0.25) is 5.91 Å². The highest BCUT2D eigenvalue weighted by Gasteiger charge is 2.13. The number of likely N-dealkylation sites (N-methyl/N-ethyl adjacent to an activating group) is 1. The van der Waals surface area contributed by atoms with Crippen LogP contribution in [0.5, 0.6) is 5.75 Å². The summed E-state index contributed by atoms with van der Waals surface area (Å²) in [6, 6.07) is 18.2. The van der Waals surface area contributed by atoms with E-state index in [4.69, 9.17) is 4.74 Å². The summed E-state index contributed by atoms with van der Waals surface area (Å²) in [4.78, 5) is 16.8. The van der Waals surface area contributed by atoms with Gasteiger partial charge in [-0.05, 0) is 43.3 Å². The molecule has 1 saturated heterocycles. The second kappa shape index (κ2) is 9.97. The van der Waals surface area contributed by atoms with E-state index in [-0.39, 0.29) is 5.91 Å². The molecule has 2 aromatic rings. The lowest BCUT2D eigenvalue weighted by molar-refractivity contribution is -0.121. The van der Waals surface area contributed by atoms with Gasteiger partial charge in [0.15, 0.2) is 0 Å². The number of piperazine rings is 1. The standard InChI is InChI=1S/C22H29N3O2/c1-24-13-15-25(16-14-24)20-11-9-19(10-12-20)18-23-22(26)8-5-17-27-21-6-3-2-4-7-21/h2-4,6-7,9-12H,5,8,13-18H2,1H3,(H,23,26). The predicted molar refractivity (Wildman–Crippen MR) is 109 cm³/mol. The summed E-state index contributed by atoms with van der Waals surface area (Å²) < 4.78 is 5.61. The van der Waals surface area contributed by atoms with E-state index < -0.39 is 0 Å². The predicted octanol–water partition coefficient (Wildman–Crippen LogP) is 2.91. The van der Waals surface area contributed by atoms with Crippen LogP contribution >= 0.6 is 0 Å². The first-order chi connectivity index (χ1) is 13.2. The van der Waals surface area contributed by atoms with E-state index in [9.17, 15) is 4.79 Å². The topological polar surface area (TPSA) is 44.8 Å². The first-order valence-electron chi connectivity index (χ1n) is 9.68. The number of benzene rings is 2. The third-order valence-corrected chi connectivity index (χ3v) is 4.85. The molecule has 2 aromatic carbocycles. The molecule has 1 aliphatic heterocycles. The highest BCUT2D eigenvalue weighted by atomic mass is 16.5. The summed E-state index contributed by atoms with van der Waals surface area (Å²) >= 11 is 0. The number of hydrogen-bond acceptors (Lipinski definition) is 4. The van der Waals surface area contributed by atoms with Gasteiger partial charge in [-0.2, -0.15) is 0 Å². The average molecular weight is 367 g/mol. The fraction of sp³-hybridized carbons (Fsp3) is 0.409. The summed E-state index contributed by atoms with van der Waals surface area (Å²) in [5.74, 6) is 0.910. The molecule has 0 bridgehead atoms. The lowest BCUT2D eigenvalue weighted by Gasteiger charge is -2.34. The van der Waals surface area contributed by atoms with Crippen molar-refractivity contribution in [3.05, 3.63) is 60.2 Å². The van der Waals surface area contributed by atoms with Crippen LogP contribution in [-0.4, -0.2) is 50.6 Å². The second-order valence-electron chi connectivity index (χ2n) is 7.00. The smallest absolute Gasteiger partial charge is 0.220 e. The van der Waals surface area contributed by atoms with Crippen LogP contribution < -0.4 is 15.0 Å². The molecule has 0 aromatic heterocycles. The van der Waals surface area contributed by atoms with Crippen molar-refractivity contribution >= 4 is 11.6 Å². The van der Waals surface area contributed by atoms with Gasteiger partial charge in [-0.3, -0.25) is 4.79 Å². The molecule has 0 unspecified atom stereocenters. The zero-order valence-corrected chi connectivity index (χ0v) is 16.1. The van der Waals surface area contributed by atoms with Gasteiger partial charge in [-0.25, -0.2) is 0 Å². The van der Waals surface area contributed by atoms with E-state index in [0.717, 1.165) is 37.5 Å². The quantitative estimate of drug-likeness (QED) is 0.729. The molecule has 1 aliphatic rings. The Bertz CT molecular complexity index is 695. The summed E-state index contributed by atoms with van der Waals surface area (Å²) in [6.45, 7) is 5.46. The van der Waals surface area contributed by atoms with Gasteiger partial charge in [0.25, 0.3) is 0 Å². The molecular weight excluding hydrogens is 338 g/mol. The fourth-order valence-electron chi connectivity index (χ4n) is 3.12. The normalized spacial score (nSPS) is 14.8. The number of anilines is 1. The Balaban J connectivity index is 1.34. The number of nitrogens with zero attached hydrogens (tertiary/aromatic N) is 2. The molecule has 1 N–H and O–H groups in total. The third kappa shape index (κ3) is 6.29. The molecule has 1 fully saturated rings. The van der Waals surface area contributed by atoms with Crippen LogP contribution in [0.15, 0.2) is 54.6 Å². The Kier molecular flexibility index (Phi) is 7.11. The van der Waals surface area contributed by atoms with Gasteiger partial charge in [0.05, 0.1) is 6.61 Å². The van der Waals surface area contributed by atoms with Crippen molar-refractivity contribution in [3.8, 4) is 5.75 Å². The van der Waals surface area contributed by atoms with Gasteiger partial charge < -0.3 is 19.9 Å². The molecular formula is C22H29N3O2. The molecule has 5 nitrogen and oxygen atoms in total. The van der Waals surface area contributed by atoms with E-state index in [1.54, 1.807) is 0 Å². The Hall–Kier alpha value is -2.53. The van der Waals surface area contributed by atoms with Crippen LogP contribution in [0.1, 0.15) is 18.4 Å². The maximum Gasteiger partial charge on any atom is 0.220 e. The lowest BCUT2D eigenvalue weighted by atomic mass is 10.1. The monoisotopic (exact) mass is 367 g/mol. The molecule has 0 spiro atoms. The number of hydrogen-bond donors (Lipinski definition) is 1. The maximum atomic E-state index is 12.0.